The number of halogens is 1. The van der Waals surface area contributed by atoms with E-state index in [1.54, 1.807) is 18.2 Å². The highest BCUT2D eigenvalue weighted by Crippen LogP contribution is 2.51. The number of carbonyl (C=O) groups is 1. The molecule has 1 aliphatic carbocycles. The molecule has 11 nitrogen and oxygen atoms in total. The minimum atomic E-state index is -0.586. The second-order valence-electron chi connectivity index (χ2n) is 16.4. The number of rotatable bonds is 14. The second-order valence-corrected chi connectivity index (χ2v) is 16.4. The van der Waals surface area contributed by atoms with E-state index in [-0.39, 0.29) is 29.6 Å². The smallest absolute Gasteiger partial charge is 0.251 e. The lowest BCUT2D eigenvalue weighted by molar-refractivity contribution is -0.0599. The number of ether oxygens (including phenoxy) is 3. The van der Waals surface area contributed by atoms with Gasteiger partial charge in [0.1, 0.15) is 18.2 Å². The average Bonchev–Trinajstić information content (AvgIpc) is 3.70. The fourth-order valence-corrected chi connectivity index (χ4v) is 7.71. The van der Waals surface area contributed by atoms with E-state index in [1.165, 1.54) is 6.07 Å². The van der Waals surface area contributed by atoms with E-state index in [9.17, 15) is 9.18 Å². The predicted molar refractivity (Wildman–Crippen MR) is 199 cm³/mol. The molecule has 2 saturated heterocycles. The molecule has 2 aromatic carbocycles. The quantitative estimate of drug-likeness (QED) is 0.164. The molecule has 4 aromatic rings. The maximum Gasteiger partial charge on any atom is 0.251 e. The number of hydrogen-bond donors (Lipinski definition) is 2. The number of nitriles is 1. The van der Waals surface area contributed by atoms with Gasteiger partial charge in [-0.1, -0.05) is 12.1 Å². The van der Waals surface area contributed by atoms with Gasteiger partial charge in [-0.3, -0.25) is 9.69 Å². The SMILES string of the molecule is CC(C)(COC(C)(C)CN)NC(=O)c1ccc2nc(CN3CC4(CCC(c5cccc(OCc6ccc(C#N)cc6F)n5)C4)C3)n(CC3CCO3)c2c1. The summed E-state index contributed by atoms with van der Waals surface area (Å²) in [4.78, 5) is 25.8. The Labute approximate surface area is 310 Å². The van der Waals surface area contributed by atoms with Crippen LogP contribution in [0.5, 0.6) is 5.88 Å². The highest BCUT2D eigenvalue weighted by atomic mass is 19.1. The van der Waals surface area contributed by atoms with Gasteiger partial charge in [-0.15, -0.1) is 0 Å². The number of nitrogens with two attached hydrogens (primary N) is 1. The lowest BCUT2D eigenvalue weighted by Gasteiger charge is -2.48. The molecular weight excluding hydrogens is 673 g/mol. The number of amides is 1. The van der Waals surface area contributed by atoms with Gasteiger partial charge in [-0.05, 0) is 95.2 Å². The molecule has 4 heterocycles. The molecule has 12 heteroatoms. The lowest BCUT2D eigenvalue weighted by atomic mass is 9.77. The van der Waals surface area contributed by atoms with Crippen LogP contribution in [0.15, 0.2) is 54.6 Å². The first kappa shape index (κ1) is 36.9. The number of nitrogens with zero attached hydrogens (tertiary/aromatic N) is 5. The number of likely N-dealkylation sites (tertiary alicyclic amines) is 1. The fraction of sp³-hybridized carbons (Fsp3) is 0.512. The van der Waals surface area contributed by atoms with Crippen LogP contribution in [0, 0.1) is 22.6 Å². The lowest BCUT2D eigenvalue weighted by Crippen LogP contribution is -2.54. The van der Waals surface area contributed by atoms with E-state index >= 15 is 0 Å². The fourth-order valence-electron chi connectivity index (χ4n) is 7.71. The van der Waals surface area contributed by atoms with Gasteiger partial charge in [0, 0.05) is 55.0 Å². The molecule has 3 N–H and O–H groups in total. The maximum absolute atomic E-state index is 14.4. The largest absolute Gasteiger partial charge is 0.473 e. The Morgan fingerprint density at radius 1 is 1.13 bits per heavy atom. The second kappa shape index (κ2) is 14.8. The van der Waals surface area contributed by atoms with Crippen LogP contribution in [0.3, 0.4) is 0 Å². The summed E-state index contributed by atoms with van der Waals surface area (Å²) >= 11 is 0. The van der Waals surface area contributed by atoms with Gasteiger partial charge in [0.15, 0.2) is 0 Å². The van der Waals surface area contributed by atoms with Gasteiger partial charge in [-0.25, -0.2) is 14.4 Å². The van der Waals surface area contributed by atoms with E-state index in [1.807, 2.05) is 58.0 Å². The first-order chi connectivity index (χ1) is 25.3. The van der Waals surface area contributed by atoms with Crippen molar-refractivity contribution in [1.29, 1.82) is 5.26 Å². The Morgan fingerprint density at radius 3 is 2.66 bits per heavy atom. The Balaban J connectivity index is 0.986. The predicted octanol–water partition coefficient (Wildman–Crippen LogP) is 5.84. The monoisotopic (exact) mass is 723 g/mol. The molecule has 2 unspecified atom stereocenters. The molecule has 7 rings (SSSR count). The summed E-state index contributed by atoms with van der Waals surface area (Å²) in [7, 11) is 0. The normalized spacial score (nSPS) is 19.9. The van der Waals surface area contributed by atoms with Crippen LogP contribution in [0.4, 0.5) is 4.39 Å². The zero-order chi connectivity index (χ0) is 37.4. The summed E-state index contributed by atoms with van der Waals surface area (Å²) in [6.45, 7) is 12.7. The molecule has 1 saturated carbocycles. The van der Waals surface area contributed by atoms with Crippen LogP contribution >= 0.6 is 0 Å². The molecule has 53 heavy (non-hydrogen) atoms. The molecule has 3 aliphatic rings. The minimum Gasteiger partial charge on any atom is -0.473 e. The van der Waals surface area contributed by atoms with E-state index < -0.39 is 17.0 Å². The first-order valence-corrected chi connectivity index (χ1v) is 18.6. The Morgan fingerprint density at radius 2 is 1.94 bits per heavy atom. The van der Waals surface area contributed by atoms with Crippen molar-refractivity contribution in [2.24, 2.45) is 11.1 Å². The summed E-state index contributed by atoms with van der Waals surface area (Å²) in [6.07, 6.45) is 4.39. The number of benzene rings is 2. The van der Waals surface area contributed by atoms with Crippen LogP contribution in [0.2, 0.25) is 0 Å². The van der Waals surface area contributed by atoms with Crippen molar-refractivity contribution >= 4 is 16.9 Å². The highest BCUT2D eigenvalue weighted by Gasteiger charge is 2.48. The van der Waals surface area contributed by atoms with Crippen LogP contribution in [-0.2, 0) is 29.2 Å². The highest BCUT2D eigenvalue weighted by molar-refractivity contribution is 5.97. The molecule has 0 radical (unpaired) electrons. The summed E-state index contributed by atoms with van der Waals surface area (Å²) in [5.41, 5.74) is 9.08. The van der Waals surface area contributed by atoms with Crippen molar-refractivity contribution < 1.29 is 23.4 Å². The number of nitrogens with one attached hydrogen (secondary N) is 1. The average molecular weight is 724 g/mol. The zero-order valence-electron chi connectivity index (χ0n) is 31.2. The third-order valence-electron chi connectivity index (χ3n) is 10.9. The number of fused-ring (bicyclic) bond motifs is 1. The van der Waals surface area contributed by atoms with Crippen LogP contribution in [0.1, 0.15) is 92.3 Å². The summed E-state index contributed by atoms with van der Waals surface area (Å²) in [5.74, 6) is 1.18. The van der Waals surface area contributed by atoms with Gasteiger partial charge < -0.3 is 29.8 Å². The molecule has 2 atom stereocenters. The number of imidazole rings is 1. The Hall–Kier alpha value is -4.41. The standard InChI is InChI=1S/C41H50FN7O4/c1-39(2,26-53-40(3,4)23-44)47-38(50)28-10-11-34-35(17-28)49(20-31-13-15-51-31)36(45-34)21-48-24-41(25-48)14-12-29(18-41)33-6-5-7-37(46-33)52-22-30-9-8-27(19-43)16-32(30)42/h5-11,16-17,29,31H,12-15,18,20-26,44H2,1-4H3,(H,47,50). The van der Waals surface area contributed by atoms with Crippen molar-refractivity contribution in [2.75, 3.05) is 32.8 Å². The molecule has 280 valence electrons. The number of hydrogen-bond acceptors (Lipinski definition) is 9. The molecule has 0 bridgehead atoms. The third kappa shape index (κ3) is 8.39. The van der Waals surface area contributed by atoms with Crippen molar-refractivity contribution in [1.82, 2.24) is 24.8 Å². The number of aromatic nitrogens is 3. The zero-order valence-corrected chi connectivity index (χ0v) is 31.2. The molecular formula is C41H50FN7O4. The molecule has 1 spiro atoms. The Bertz CT molecular complexity index is 2010. The molecule has 2 aliphatic heterocycles. The Kier molecular flexibility index (Phi) is 10.3. The van der Waals surface area contributed by atoms with E-state index in [0.717, 1.165) is 74.5 Å². The summed E-state index contributed by atoms with van der Waals surface area (Å²) in [5, 5.41) is 12.1. The minimum absolute atomic E-state index is 0.0472. The van der Waals surface area contributed by atoms with Crippen LogP contribution in [-0.4, -0.2) is 75.4 Å². The molecule has 3 fully saturated rings. The van der Waals surface area contributed by atoms with Crippen molar-refractivity contribution in [2.45, 2.75) is 96.2 Å². The first-order valence-electron chi connectivity index (χ1n) is 18.6. The molecule has 2 aromatic heterocycles. The van der Waals surface area contributed by atoms with Crippen LogP contribution in [0.25, 0.3) is 11.0 Å². The van der Waals surface area contributed by atoms with Gasteiger partial charge in [-0.2, -0.15) is 5.26 Å². The van der Waals surface area contributed by atoms with E-state index in [2.05, 4.69) is 20.9 Å². The van der Waals surface area contributed by atoms with Crippen molar-refractivity contribution in [3.63, 3.8) is 0 Å². The number of carbonyl (C=O) groups excluding carboxylic acids is 1. The van der Waals surface area contributed by atoms with Crippen molar-refractivity contribution in [3.8, 4) is 11.9 Å². The van der Waals surface area contributed by atoms with Gasteiger partial charge in [0.25, 0.3) is 5.91 Å². The topological polar surface area (TPSA) is 141 Å². The summed E-state index contributed by atoms with van der Waals surface area (Å²) < 4.78 is 34.3. The van der Waals surface area contributed by atoms with Gasteiger partial charge >= 0.3 is 0 Å². The molecule has 1 amide bonds. The van der Waals surface area contributed by atoms with Gasteiger partial charge in [0.05, 0.1) is 59.6 Å². The van der Waals surface area contributed by atoms with E-state index in [0.29, 0.717) is 42.6 Å². The van der Waals surface area contributed by atoms with E-state index in [4.69, 9.17) is 35.2 Å². The van der Waals surface area contributed by atoms with Gasteiger partial charge in [0.2, 0.25) is 5.88 Å². The third-order valence-corrected chi connectivity index (χ3v) is 10.9. The van der Waals surface area contributed by atoms with Crippen LogP contribution < -0.4 is 15.8 Å². The number of pyridine rings is 1. The summed E-state index contributed by atoms with van der Waals surface area (Å²) in [6, 6.07) is 17.9. The van der Waals surface area contributed by atoms with Crippen molar-refractivity contribution in [3.05, 3.63) is 88.6 Å². The maximum atomic E-state index is 14.4.